The van der Waals surface area contributed by atoms with Crippen molar-refractivity contribution in [3.63, 3.8) is 0 Å². The van der Waals surface area contributed by atoms with Gasteiger partial charge in [0.25, 0.3) is 0 Å². The lowest BCUT2D eigenvalue weighted by molar-refractivity contribution is -0.125. The number of carbonyl (C=O) groups excluding carboxylic acids is 2. The van der Waals surface area contributed by atoms with Crippen molar-refractivity contribution in [1.29, 1.82) is 0 Å². The first-order valence-electron chi connectivity index (χ1n) is 18.9. The van der Waals surface area contributed by atoms with E-state index in [1.54, 1.807) is 4.90 Å². The van der Waals surface area contributed by atoms with Crippen LogP contribution in [-0.4, -0.2) is 68.6 Å². The first-order chi connectivity index (χ1) is 22.9. The van der Waals surface area contributed by atoms with Gasteiger partial charge >= 0.3 is 6.09 Å². The lowest BCUT2D eigenvalue weighted by Crippen LogP contribution is -2.54. The van der Waals surface area contributed by atoms with Gasteiger partial charge in [-0.3, -0.25) is 14.4 Å². The molecule has 0 aromatic carbocycles. The minimum atomic E-state index is -0.445. The molecule has 2 bridgehead atoms. The SMILES string of the molecule is CC(C)n1cc(-c2ccnc(N(CC34CCC(C5CCC(C)(C)CC5)(CC3)CC4)C(=O)C3CCC(OC(=O)N4CC(O)C4)CC3)c2)cn1. The van der Waals surface area contributed by atoms with Gasteiger partial charge in [0.2, 0.25) is 5.91 Å². The minimum Gasteiger partial charge on any atom is -0.446 e. The molecule has 8 rings (SSSR count). The van der Waals surface area contributed by atoms with E-state index in [0.717, 1.165) is 29.4 Å². The molecule has 2 amide bonds. The van der Waals surface area contributed by atoms with E-state index in [-0.39, 0.29) is 35.5 Å². The molecule has 1 aliphatic heterocycles. The molecule has 0 spiro atoms. The largest absolute Gasteiger partial charge is 0.446 e. The average Bonchev–Trinajstić information content (AvgIpc) is 3.58. The van der Waals surface area contributed by atoms with Gasteiger partial charge in [-0.2, -0.15) is 5.10 Å². The molecule has 1 saturated heterocycles. The number of rotatable bonds is 8. The third kappa shape index (κ3) is 6.77. The van der Waals surface area contributed by atoms with E-state index in [2.05, 4.69) is 50.0 Å². The number of nitrogens with zero attached hydrogens (tertiary/aromatic N) is 5. The summed E-state index contributed by atoms with van der Waals surface area (Å²) in [6.07, 6.45) is 20.6. The molecule has 9 nitrogen and oxygen atoms in total. The summed E-state index contributed by atoms with van der Waals surface area (Å²) in [5.41, 5.74) is 3.20. The zero-order valence-corrected chi connectivity index (χ0v) is 29.7. The highest BCUT2D eigenvalue weighted by atomic mass is 16.6. The number of carbonyl (C=O) groups is 2. The van der Waals surface area contributed by atoms with Gasteiger partial charge in [-0.05, 0) is 144 Å². The van der Waals surface area contributed by atoms with Gasteiger partial charge in [-0.1, -0.05) is 13.8 Å². The zero-order chi connectivity index (χ0) is 33.7. The number of aliphatic hydroxyl groups excluding tert-OH is 1. The van der Waals surface area contributed by atoms with Crippen molar-refractivity contribution in [3.8, 4) is 11.1 Å². The molecule has 2 aromatic heterocycles. The van der Waals surface area contributed by atoms with E-state index < -0.39 is 6.10 Å². The number of β-amino-alcohol motifs (C(OH)–C–C–N with tert-alkyl or cyclic N) is 1. The molecule has 0 unspecified atom stereocenters. The number of fused-ring (bicyclic) bond motifs is 3. The zero-order valence-electron chi connectivity index (χ0n) is 29.7. The summed E-state index contributed by atoms with van der Waals surface area (Å²) in [5, 5.41) is 14.1. The summed E-state index contributed by atoms with van der Waals surface area (Å²) >= 11 is 0. The Morgan fingerprint density at radius 3 is 2.23 bits per heavy atom. The van der Waals surface area contributed by atoms with Crippen LogP contribution in [0.25, 0.3) is 11.1 Å². The predicted molar refractivity (Wildman–Crippen MR) is 186 cm³/mol. The highest BCUT2D eigenvalue weighted by molar-refractivity contribution is 5.95. The predicted octanol–water partition coefficient (Wildman–Crippen LogP) is 7.79. The summed E-state index contributed by atoms with van der Waals surface area (Å²) in [6, 6.07) is 4.38. The van der Waals surface area contributed by atoms with Crippen LogP contribution in [0.1, 0.15) is 124 Å². The molecule has 0 atom stereocenters. The molecule has 0 radical (unpaired) electrons. The lowest BCUT2D eigenvalue weighted by atomic mass is 9.48. The monoisotopic (exact) mass is 659 g/mol. The van der Waals surface area contributed by atoms with Crippen LogP contribution in [0.4, 0.5) is 10.6 Å². The van der Waals surface area contributed by atoms with E-state index in [4.69, 9.17) is 9.72 Å². The van der Waals surface area contributed by atoms with Crippen LogP contribution in [0.5, 0.6) is 0 Å². The van der Waals surface area contributed by atoms with E-state index in [1.165, 1.54) is 64.2 Å². The molecule has 3 heterocycles. The van der Waals surface area contributed by atoms with Crippen LogP contribution < -0.4 is 4.90 Å². The highest BCUT2D eigenvalue weighted by Gasteiger charge is 2.53. The van der Waals surface area contributed by atoms with E-state index in [0.29, 0.717) is 49.6 Å². The molecule has 48 heavy (non-hydrogen) atoms. The van der Waals surface area contributed by atoms with Crippen molar-refractivity contribution < 1.29 is 19.4 Å². The Hall–Kier alpha value is -2.94. The third-order valence-electron chi connectivity index (χ3n) is 13.3. The highest BCUT2D eigenvalue weighted by Crippen LogP contribution is 2.63. The van der Waals surface area contributed by atoms with Gasteiger partial charge in [0.05, 0.1) is 25.4 Å². The fraction of sp³-hybridized carbons (Fsp3) is 0.744. The van der Waals surface area contributed by atoms with Crippen molar-refractivity contribution in [1.82, 2.24) is 19.7 Å². The normalized spacial score (nSPS) is 30.7. The maximum Gasteiger partial charge on any atom is 0.410 e. The van der Waals surface area contributed by atoms with Crippen LogP contribution in [0.2, 0.25) is 0 Å². The molecular weight excluding hydrogens is 602 g/mol. The molecule has 5 aliphatic carbocycles. The number of aliphatic hydroxyl groups is 1. The summed E-state index contributed by atoms with van der Waals surface area (Å²) in [5.74, 6) is 1.65. The Bertz CT molecular complexity index is 1440. The molecule has 1 N–H and O–H groups in total. The van der Waals surface area contributed by atoms with Crippen molar-refractivity contribution >= 4 is 17.8 Å². The van der Waals surface area contributed by atoms with Gasteiger partial charge < -0.3 is 14.7 Å². The van der Waals surface area contributed by atoms with Crippen molar-refractivity contribution in [3.05, 3.63) is 30.7 Å². The van der Waals surface area contributed by atoms with Gasteiger partial charge in [0.1, 0.15) is 11.9 Å². The van der Waals surface area contributed by atoms with Crippen LogP contribution in [0.3, 0.4) is 0 Å². The van der Waals surface area contributed by atoms with Gasteiger partial charge in [-0.25, -0.2) is 9.78 Å². The number of pyridine rings is 1. The van der Waals surface area contributed by atoms with Gasteiger partial charge in [-0.15, -0.1) is 0 Å². The number of hydrogen-bond donors (Lipinski definition) is 1. The van der Waals surface area contributed by atoms with Crippen LogP contribution in [0, 0.1) is 28.1 Å². The van der Waals surface area contributed by atoms with Crippen molar-refractivity contribution in [2.24, 2.45) is 28.1 Å². The summed E-state index contributed by atoms with van der Waals surface area (Å²) < 4.78 is 7.73. The maximum absolute atomic E-state index is 14.6. The lowest BCUT2D eigenvalue weighted by Gasteiger charge is -2.58. The summed E-state index contributed by atoms with van der Waals surface area (Å²) in [4.78, 5) is 35.5. The Morgan fingerprint density at radius 2 is 1.62 bits per heavy atom. The van der Waals surface area contributed by atoms with E-state index in [1.807, 2.05) is 23.1 Å². The number of anilines is 1. The topological polar surface area (TPSA) is 101 Å². The molecule has 2 aromatic rings. The summed E-state index contributed by atoms with van der Waals surface area (Å²) in [6.45, 7) is 10.5. The maximum atomic E-state index is 14.6. The summed E-state index contributed by atoms with van der Waals surface area (Å²) in [7, 11) is 0. The number of amides is 2. The van der Waals surface area contributed by atoms with E-state index >= 15 is 0 Å². The number of likely N-dealkylation sites (tertiary alicyclic amines) is 1. The van der Waals surface area contributed by atoms with Crippen LogP contribution >= 0.6 is 0 Å². The second kappa shape index (κ2) is 13.1. The Kier molecular flexibility index (Phi) is 9.14. The van der Waals surface area contributed by atoms with Crippen LogP contribution in [-0.2, 0) is 9.53 Å². The van der Waals surface area contributed by atoms with Gasteiger partial charge in [0.15, 0.2) is 0 Å². The molecule has 262 valence electrons. The smallest absolute Gasteiger partial charge is 0.410 e. The van der Waals surface area contributed by atoms with Gasteiger partial charge in [0, 0.05) is 36.5 Å². The Balaban J connectivity index is 1.07. The first-order valence-corrected chi connectivity index (χ1v) is 18.9. The number of ether oxygens (including phenoxy) is 1. The molecular formula is C39H57N5O4. The molecule has 5 saturated carbocycles. The van der Waals surface area contributed by atoms with Crippen molar-refractivity contribution in [2.75, 3.05) is 24.5 Å². The van der Waals surface area contributed by atoms with Crippen LogP contribution in [0.15, 0.2) is 30.7 Å². The quantitative estimate of drug-likeness (QED) is 0.311. The van der Waals surface area contributed by atoms with Crippen molar-refractivity contribution in [2.45, 2.75) is 136 Å². The second-order valence-corrected chi connectivity index (χ2v) is 17.3. The first kappa shape index (κ1) is 33.6. The average molecular weight is 660 g/mol. The fourth-order valence-corrected chi connectivity index (χ4v) is 9.75. The molecule has 6 fully saturated rings. The third-order valence-corrected chi connectivity index (χ3v) is 13.3. The second-order valence-electron chi connectivity index (χ2n) is 17.3. The van der Waals surface area contributed by atoms with E-state index in [9.17, 15) is 14.7 Å². The Labute approximate surface area is 286 Å². The standard InChI is InChI=1S/C39H57N5O4/c1-27(2)44-23-30(22-41-44)29-11-20-40-34(21-29)43(35(46)28-5-7-33(8-6-28)48-36(47)42-24-32(45)25-42)26-38-14-17-39(18-15-38,19-16-38)31-9-12-37(3,4)13-10-31/h11,20-23,27-28,31-33,45H,5-10,12-19,24-26H2,1-4H3. The molecule has 9 heteroatoms. The number of hydrogen-bond acceptors (Lipinski definition) is 6. The minimum absolute atomic E-state index is 0.117. The molecule has 6 aliphatic rings. The fourth-order valence-electron chi connectivity index (χ4n) is 9.75. The number of aromatic nitrogens is 3. The Morgan fingerprint density at radius 1 is 0.958 bits per heavy atom.